The summed E-state index contributed by atoms with van der Waals surface area (Å²) in [5.74, 6) is -0.306. The van der Waals surface area contributed by atoms with Gasteiger partial charge in [0.1, 0.15) is 6.26 Å². The number of rotatable bonds is 6. The Morgan fingerprint density at radius 2 is 1.91 bits per heavy atom. The Morgan fingerprint density at radius 3 is 2.55 bits per heavy atom. The molecule has 0 aliphatic rings. The maximum absolute atomic E-state index is 12.1. The van der Waals surface area contributed by atoms with Crippen molar-refractivity contribution in [3.8, 4) is 0 Å². The van der Waals surface area contributed by atoms with Gasteiger partial charge in [-0.3, -0.25) is 4.79 Å². The van der Waals surface area contributed by atoms with E-state index in [1.165, 1.54) is 18.6 Å². The van der Waals surface area contributed by atoms with Crippen LogP contribution in [0.1, 0.15) is 21.5 Å². The number of amides is 1. The van der Waals surface area contributed by atoms with Gasteiger partial charge in [-0.05, 0) is 43.2 Å². The third-order valence-corrected chi connectivity index (χ3v) is 4.73. The van der Waals surface area contributed by atoms with Crippen LogP contribution in [0.4, 0.5) is 0 Å². The number of hydrogen-bond acceptors (Lipinski definition) is 4. The predicted octanol–water partition coefficient (Wildman–Crippen LogP) is 1.60. The number of benzene rings is 1. The molecule has 1 heterocycles. The highest BCUT2D eigenvalue weighted by Gasteiger charge is 2.14. The number of aryl methyl sites for hydroxylation is 2. The zero-order valence-electron chi connectivity index (χ0n) is 12.4. The maximum atomic E-state index is 12.1. The topological polar surface area (TPSA) is 88.4 Å². The molecule has 0 radical (unpaired) electrons. The molecule has 0 saturated carbocycles. The fraction of sp³-hybridized carbons (Fsp3) is 0.267. The molecule has 0 aliphatic heterocycles. The van der Waals surface area contributed by atoms with Gasteiger partial charge in [-0.2, -0.15) is 0 Å². The third-order valence-electron chi connectivity index (χ3n) is 3.27. The highest BCUT2D eigenvalue weighted by molar-refractivity contribution is 7.89. The van der Waals surface area contributed by atoms with Crippen LogP contribution in [0.2, 0.25) is 0 Å². The summed E-state index contributed by atoms with van der Waals surface area (Å²) in [5, 5.41) is 2.60. The van der Waals surface area contributed by atoms with E-state index in [1.807, 2.05) is 13.8 Å². The van der Waals surface area contributed by atoms with Crippen molar-refractivity contribution in [2.24, 2.45) is 0 Å². The maximum Gasteiger partial charge on any atom is 0.254 e. The van der Waals surface area contributed by atoms with Gasteiger partial charge in [0.05, 0.1) is 16.7 Å². The minimum atomic E-state index is -3.57. The van der Waals surface area contributed by atoms with Crippen molar-refractivity contribution in [2.45, 2.75) is 18.7 Å². The quantitative estimate of drug-likeness (QED) is 0.791. The number of sulfonamides is 1. The molecule has 0 aliphatic carbocycles. The second-order valence-corrected chi connectivity index (χ2v) is 6.68. The van der Waals surface area contributed by atoms with Crippen LogP contribution >= 0.6 is 0 Å². The first-order valence-electron chi connectivity index (χ1n) is 6.77. The van der Waals surface area contributed by atoms with Gasteiger partial charge in [-0.25, -0.2) is 13.1 Å². The van der Waals surface area contributed by atoms with E-state index in [1.54, 1.807) is 18.2 Å². The average molecular weight is 322 g/mol. The van der Waals surface area contributed by atoms with Crippen LogP contribution in [0.5, 0.6) is 0 Å². The van der Waals surface area contributed by atoms with E-state index in [4.69, 9.17) is 4.42 Å². The summed E-state index contributed by atoms with van der Waals surface area (Å²) < 4.78 is 31.5. The monoisotopic (exact) mass is 322 g/mol. The van der Waals surface area contributed by atoms with E-state index in [2.05, 4.69) is 10.0 Å². The molecule has 1 amide bonds. The second-order valence-electron chi connectivity index (χ2n) is 4.91. The lowest BCUT2D eigenvalue weighted by Gasteiger charge is -2.09. The van der Waals surface area contributed by atoms with E-state index < -0.39 is 10.0 Å². The molecule has 0 bridgehead atoms. The molecule has 22 heavy (non-hydrogen) atoms. The van der Waals surface area contributed by atoms with Crippen molar-refractivity contribution in [3.05, 3.63) is 53.5 Å². The van der Waals surface area contributed by atoms with Crippen molar-refractivity contribution in [1.29, 1.82) is 0 Å². The Morgan fingerprint density at radius 1 is 1.14 bits per heavy atom. The van der Waals surface area contributed by atoms with Gasteiger partial charge in [0.25, 0.3) is 5.91 Å². The lowest BCUT2D eigenvalue weighted by atomic mass is 10.1. The van der Waals surface area contributed by atoms with Gasteiger partial charge in [-0.1, -0.05) is 6.07 Å². The molecular weight excluding hydrogens is 304 g/mol. The van der Waals surface area contributed by atoms with Crippen LogP contribution in [0.25, 0.3) is 0 Å². The standard InChI is InChI=1S/C15H18N2O4S/c1-11-3-4-14(9-12(11)2)22(19,20)17-7-6-16-15(18)13-5-8-21-10-13/h3-5,8-10,17H,6-7H2,1-2H3,(H,16,18). The molecule has 6 nitrogen and oxygen atoms in total. The zero-order valence-corrected chi connectivity index (χ0v) is 13.2. The normalized spacial score (nSPS) is 11.4. The van der Waals surface area contributed by atoms with Crippen molar-refractivity contribution in [1.82, 2.24) is 10.0 Å². The summed E-state index contributed by atoms with van der Waals surface area (Å²) in [5.41, 5.74) is 2.35. The van der Waals surface area contributed by atoms with Crippen LogP contribution < -0.4 is 10.0 Å². The minimum Gasteiger partial charge on any atom is -0.472 e. The molecular formula is C15H18N2O4S. The van der Waals surface area contributed by atoms with Gasteiger partial charge < -0.3 is 9.73 Å². The van der Waals surface area contributed by atoms with E-state index in [9.17, 15) is 13.2 Å². The summed E-state index contributed by atoms with van der Waals surface area (Å²) in [6.45, 7) is 4.08. The van der Waals surface area contributed by atoms with Crippen LogP contribution in [0.15, 0.2) is 46.1 Å². The van der Waals surface area contributed by atoms with E-state index in [0.717, 1.165) is 11.1 Å². The molecule has 1 aromatic carbocycles. The fourth-order valence-corrected chi connectivity index (χ4v) is 2.94. The third kappa shape index (κ3) is 3.96. The molecule has 2 aromatic rings. The van der Waals surface area contributed by atoms with Crippen LogP contribution in [0, 0.1) is 13.8 Å². The van der Waals surface area contributed by atoms with Crippen molar-refractivity contribution in [2.75, 3.05) is 13.1 Å². The van der Waals surface area contributed by atoms with Gasteiger partial charge >= 0.3 is 0 Å². The fourth-order valence-electron chi connectivity index (χ4n) is 1.82. The lowest BCUT2D eigenvalue weighted by molar-refractivity contribution is 0.0953. The molecule has 0 spiro atoms. The molecule has 2 rings (SSSR count). The molecule has 0 fully saturated rings. The summed E-state index contributed by atoms with van der Waals surface area (Å²) >= 11 is 0. The van der Waals surface area contributed by atoms with Gasteiger partial charge in [0.2, 0.25) is 10.0 Å². The van der Waals surface area contributed by atoms with Gasteiger partial charge in [-0.15, -0.1) is 0 Å². The molecule has 7 heteroatoms. The molecule has 0 saturated heterocycles. The molecule has 2 N–H and O–H groups in total. The molecule has 0 unspecified atom stereocenters. The Kier molecular flexibility index (Phi) is 4.99. The highest BCUT2D eigenvalue weighted by atomic mass is 32.2. The van der Waals surface area contributed by atoms with E-state index >= 15 is 0 Å². The number of carbonyl (C=O) groups is 1. The highest BCUT2D eigenvalue weighted by Crippen LogP contribution is 2.14. The SMILES string of the molecule is Cc1ccc(S(=O)(=O)NCCNC(=O)c2ccoc2)cc1C. The first kappa shape index (κ1) is 16.3. The Balaban J connectivity index is 1.87. The zero-order chi connectivity index (χ0) is 16.2. The summed E-state index contributed by atoms with van der Waals surface area (Å²) in [6, 6.07) is 6.50. The van der Waals surface area contributed by atoms with Crippen LogP contribution in [-0.2, 0) is 10.0 Å². The second kappa shape index (κ2) is 6.76. The lowest BCUT2D eigenvalue weighted by Crippen LogP contribution is -2.34. The first-order chi connectivity index (χ1) is 10.4. The minimum absolute atomic E-state index is 0.110. The van der Waals surface area contributed by atoms with Crippen molar-refractivity contribution >= 4 is 15.9 Å². The van der Waals surface area contributed by atoms with Crippen molar-refractivity contribution in [3.63, 3.8) is 0 Å². The van der Waals surface area contributed by atoms with E-state index in [-0.39, 0.29) is 23.9 Å². The summed E-state index contributed by atoms with van der Waals surface area (Å²) in [7, 11) is -3.57. The Labute approximate surface area is 129 Å². The number of furan rings is 1. The molecule has 118 valence electrons. The van der Waals surface area contributed by atoms with E-state index in [0.29, 0.717) is 5.56 Å². The number of carbonyl (C=O) groups excluding carboxylic acids is 1. The van der Waals surface area contributed by atoms with Crippen LogP contribution in [0.3, 0.4) is 0 Å². The first-order valence-corrected chi connectivity index (χ1v) is 8.26. The largest absolute Gasteiger partial charge is 0.472 e. The van der Waals surface area contributed by atoms with Crippen LogP contribution in [-0.4, -0.2) is 27.4 Å². The summed E-state index contributed by atoms with van der Waals surface area (Å²) in [4.78, 5) is 11.9. The Bertz CT molecular complexity index is 752. The number of nitrogens with one attached hydrogen (secondary N) is 2. The molecule has 1 aromatic heterocycles. The summed E-state index contributed by atoms with van der Waals surface area (Å²) in [6.07, 6.45) is 2.73. The predicted molar refractivity (Wildman–Crippen MR) is 82.1 cm³/mol. The average Bonchev–Trinajstić information content (AvgIpc) is 3.00. The smallest absolute Gasteiger partial charge is 0.254 e. The van der Waals surface area contributed by atoms with Gasteiger partial charge in [0, 0.05) is 13.1 Å². The van der Waals surface area contributed by atoms with Gasteiger partial charge in [0.15, 0.2) is 0 Å². The van der Waals surface area contributed by atoms with Crippen molar-refractivity contribution < 1.29 is 17.6 Å². The molecule has 0 atom stereocenters. The Hall–Kier alpha value is -2.12. The number of hydrogen-bond donors (Lipinski definition) is 2.